The second kappa shape index (κ2) is 9.52. The van der Waals surface area contributed by atoms with Crippen LogP contribution in [-0.2, 0) is 27.2 Å². The standard InChI is InChI=1S/C21H25N3O3/c1-4-17-7-5-6-8-19(17)23-20(26)14-24(3)21(27)13-16-9-11-18(12-10-16)22-15(2)25/h5-12H,4,13-14H2,1-3H3,(H,22,25)(H,23,26). The molecule has 6 heteroatoms. The molecule has 0 atom stereocenters. The number of benzene rings is 2. The molecule has 0 saturated carbocycles. The summed E-state index contributed by atoms with van der Waals surface area (Å²) in [5.74, 6) is -0.525. The average molecular weight is 367 g/mol. The molecule has 2 rings (SSSR count). The summed E-state index contributed by atoms with van der Waals surface area (Å²) in [5, 5.41) is 5.54. The van der Waals surface area contributed by atoms with E-state index in [4.69, 9.17) is 0 Å². The highest BCUT2D eigenvalue weighted by atomic mass is 16.2. The lowest BCUT2D eigenvalue weighted by Gasteiger charge is -2.18. The van der Waals surface area contributed by atoms with Gasteiger partial charge in [0.25, 0.3) is 0 Å². The summed E-state index contributed by atoms with van der Waals surface area (Å²) in [7, 11) is 1.61. The Kier molecular flexibility index (Phi) is 7.11. The van der Waals surface area contributed by atoms with Crippen molar-refractivity contribution < 1.29 is 14.4 Å². The molecule has 2 N–H and O–H groups in total. The Bertz CT molecular complexity index is 816. The quantitative estimate of drug-likeness (QED) is 0.790. The van der Waals surface area contributed by atoms with Crippen LogP contribution in [0.25, 0.3) is 0 Å². The number of nitrogens with one attached hydrogen (secondary N) is 2. The van der Waals surface area contributed by atoms with Gasteiger partial charge >= 0.3 is 0 Å². The van der Waals surface area contributed by atoms with E-state index in [2.05, 4.69) is 10.6 Å². The molecule has 0 aromatic heterocycles. The molecule has 0 aliphatic rings. The van der Waals surface area contributed by atoms with E-state index >= 15 is 0 Å². The first kappa shape index (κ1) is 20.2. The van der Waals surface area contributed by atoms with Crippen LogP contribution in [-0.4, -0.2) is 36.2 Å². The van der Waals surface area contributed by atoms with E-state index in [-0.39, 0.29) is 30.7 Å². The molecule has 0 spiro atoms. The van der Waals surface area contributed by atoms with Gasteiger partial charge in [-0.25, -0.2) is 0 Å². The van der Waals surface area contributed by atoms with Gasteiger partial charge in [-0.3, -0.25) is 14.4 Å². The van der Waals surface area contributed by atoms with Crippen molar-refractivity contribution in [1.82, 2.24) is 4.90 Å². The van der Waals surface area contributed by atoms with Crippen LogP contribution < -0.4 is 10.6 Å². The maximum atomic E-state index is 12.4. The van der Waals surface area contributed by atoms with Crippen molar-refractivity contribution >= 4 is 29.1 Å². The number of para-hydroxylation sites is 1. The minimum absolute atomic E-state index is 0.0130. The summed E-state index contributed by atoms with van der Waals surface area (Å²) in [6.45, 7) is 3.45. The predicted molar refractivity (Wildman–Crippen MR) is 107 cm³/mol. The van der Waals surface area contributed by atoms with Gasteiger partial charge in [-0.2, -0.15) is 0 Å². The third-order valence-electron chi connectivity index (χ3n) is 4.11. The Balaban J connectivity index is 1.89. The molecule has 0 aliphatic heterocycles. The maximum absolute atomic E-state index is 12.4. The lowest BCUT2D eigenvalue weighted by atomic mass is 10.1. The molecule has 0 radical (unpaired) electrons. The van der Waals surface area contributed by atoms with Gasteiger partial charge in [0.2, 0.25) is 17.7 Å². The fourth-order valence-electron chi connectivity index (χ4n) is 2.66. The molecule has 142 valence electrons. The number of amides is 3. The highest BCUT2D eigenvalue weighted by Crippen LogP contribution is 2.15. The van der Waals surface area contributed by atoms with Gasteiger partial charge in [-0.1, -0.05) is 37.3 Å². The SMILES string of the molecule is CCc1ccccc1NC(=O)CN(C)C(=O)Cc1ccc(NC(C)=O)cc1. The molecule has 0 bridgehead atoms. The van der Waals surface area contributed by atoms with E-state index in [1.165, 1.54) is 11.8 Å². The molecule has 2 aromatic rings. The fourth-order valence-corrected chi connectivity index (χ4v) is 2.66. The number of carbonyl (C=O) groups is 3. The van der Waals surface area contributed by atoms with Crippen LogP contribution in [0, 0.1) is 0 Å². The number of hydrogen-bond donors (Lipinski definition) is 2. The number of rotatable bonds is 7. The molecular formula is C21H25N3O3. The Morgan fingerprint density at radius 1 is 0.963 bits per heavy atom. The Morgan fingerprint density at radius 3 is 2.26 bits per heavy atom. The third-order valence-corrected chi connectivity index (χ3v) is 4.11. The molecule has 6 nitrogen and oxygen atoms in total. The normalized spacial score (nSPS) is 10.2. The Hall–Kier alpha value is -3.15. The minimum Gasteiger partial charge on any atom is -0.336 e. The third kappa shape index (κ3) is 6.26. The second-order valence-corrected chi connectivity index (χ2v) is 6.36. The molecule has 27 heavy (non-hydrogen) atoms. The van der Waals surface area contributed by atoms with Crippen LogP contribution >= 0.6 is 0 Å². The number of hydrogen-bond acceptors (Lipinski definition) is 3. The second-order valence-electron chi connectivity index (χ2n) is 6.36. The number of nitrogens with zero attached hydrogens (tertiary/aromatic N) is 1. The molecule has 0 unspecified atom stereocenters. The molecule has 0 aliphatic carbocycles. The zero-order chi connectivity index (χ0) is 19.8. The van der Waals surface area contributed by atoms with E-state index in [9.17, 15) is 14.4 Å². The first-order valence-corrected chi connectivity index (χ1v) is 8.87. The van der Waals surface area contributed by atoms with Crippen LogP contribution in [0.4, 0.5) is 11.4 Å². The van der Waals surface area contributed by atoms with Gasteiger partial charge in [-0.05, 0) is 35.7 Å². The number of carbonyl (C=O) groups excluding carboxylic acids is 3. The summed E-state index contributed by atoms with van der Waals surface area (Å²) >= 11 is 0. The molecule has 0 heterocycles. The highest BCUT2D eigenvalue weighted by molar-refractivity contribution is 5.95. The van der Waals surface area contributed by atoms with E-state index in [1.54, 1.807) is 31.3 Å². The number of anilines is 2. The zero-order valence-corrected chi connectivity index (χ0v) is 15.9. The van der Waals surface area contributed by atoms with Crippen LogP contribution in [0.1, 0.15) is 25.0 Å². The highest BCUT2D eigenvalue weighted by Gasteiger charge is 2.14. The molecule has 2 aromatic carbocycles. The van der Waals surface area contributed by atoms with Crippen LogP contribution in [0.2, 0.25) is 0 Å². The van der Waals surface area contributed by atoms with Gasteiger partial charge in [-0.15, -0.1) is 0 Å². The summed E-state index contributed by atoms with van der Waals surface area (Å²) in [6.07, 6.45) is 1.01. The predicted octanol–water partition coefficient (Wildman–Crippen LogP) is 2.85. The van der Waals surface area contributed by atoms with Gasteiger partial charge < -0.3 is 15.5 Å². The minimum atomic E-state index is -0.229. The topological polar surface area (TPSA) is 78.5 Å². The molecule has 0 saturated heterocycles. The largest absolute Gasteiger partial charge is 0.336 e. The Labute approximate surface area is 159 Å². The van der Waals surface area contributed by atoms with Crippen molar-refractivity contribution in [3.05, 3.63) is 59.7 Å². The maximum Gasteiger partial charge on any atom is 0.243 e. The van der Waals surface area contributed by atoms with Crippen molar-refractivity contribution in [2.45, 2.75) is 26.7 Å². The average Bonchev–Trinajstić information content (AvgIpc) is 2.63. The molecule has 3 amide bonds. The number of aryl methyl sites for hydroxylation is 1. The Morgan fingerprint density at radius 2 is 1.63 bits per heavy atom. The fraction of sp³-hybridized carbons (Fsp3) is 0.286. The zero-order valence-electron chi connectivity index (χ0n) is 15.9. The summed E-state index contributed by atoms with van der Waals surface area (Å²) in [6, 6.07) is 14.7. The van der Waals surface area contributed by atoms with E-state index in [0.29, 0.717) is 5.69 Å². The van der Waals surface area contributed by atoms with Crippen molar-refractivity contribution in [2.24, 2.45) is 0 Å². The van der Waals surface area contributed by atoms with Crippen molar-refractivity contribution in [2.75, 3.05) is 24.2 Å². The summed E-state index contributed by atoms with van der Waals surface area (Å²) in [4.78, 5) is 37.1. The smallest absolute Gasteiger partial charge is 0.243 e. The van der Waals surface area contributed by atoms with Crippen molar-refractivity contribution in [3.63, 3.8) is 0 Å². The first-order valence-electron chi connectivity index (χ1n) is 8.87. The van der Waals surface area contributed by atoms with Gasteiger partial charge in [0.15, 0.2) is 0 Å². The monoisotopic (exact) mass is 367 g/mol. The van der Waals surface area contributed by atoms with Gasteiger partial charge in [0.05, 0.1) is 13.0 Å². The van der Waals surface area contributed by atoms with E-state index in [1.807, 2.05) is 31.2 Å². The lowest BCUT2D eigenvalue weighted by molar-refractivity contribution is -0.132. The van der Waals surface area contributed by atoms with Gasteiger partial charge in [0.1, 0.15) is 0 Å². The van der Waals surface area contributed by atoms with Crippen molar-refractivity contribution in [3.8, 4) is 0 Å². The van der Waals surface area contributed by atoms with Gasteiger partial charge in [0, 0.05) is 25.3 Å². The lowest BCUT2D eigenvalue weighted by Crippen LogP contribution is -2.35. The number of likely N-dealkylation sites (N-methyl/N-ethyl adjacent to an activating group) is 1. The first-order chi connectivity index (χ1) is 12.9. The van der Waals surface area contributed by atoms with E-state index < -0.39 is 0 Å². The molecule has 0 fully saturated rings. The van der Waals surface area contributed by atoms with Crippen LogP contribution in [0.3, 0.4) is 0 Å². The van der Waals surface area contributed by atoms with Crippen LogP contribution in [0.5, 0.6) is 0 Å². The molecular weight excluding hydrogens is 342 g/mol. The summed E-state index contributed by atoms with van der Waals surface area (Å²) in [5.41, 5.74) is 3.33. The summed E-state index contributed by atoms with van der Waals surface area (Å²) < 4.78 is 0. The van der Waals surface area contributed by atoms with Crippen LogP contribution in [0.15, 0.2) is 48.5 Å². The van der Waals surface area contributed by atoms with E-state index in [0.717, 1.165) is 23.2 Å². The van der Waals surface area contributed by atoms with Crippen molar-refractivity contribution in [1.29, 1.82) is 0 Å².